The van der Waals surface area contributed by atoms with Crippen LogP contribution in [0.4, 0.5) is 5.82 Å². The molecule has 124 valence electrons. The third kappa shape index (κ3) is 2.40. The second kappa shape index (κ2) is 5.23. The fourth-order valence-electron chi connectivity index (χ4n) is 3.69. The summed E-state index contributed by atoms with van der Waals surface area (Å²) in [6.45, 7) is 4.05. The number of benzene rings is 1. The molecule has 0 spiro atoms. The Morgan fingerprint density at radius 2 is 2.04 bits per heavy atom. The Bertz CT molecular complexity index is 803. The Morgan fingerprint density at radius 1 is 1.29 bits per heavy atom. The third-order valence-electron chi connectivity index (χ3n) is 5.32. The number of carboxylic acid groups (broad SMARTS) is 1. The van der Waals surface area contributed by atoms with Crippen molar-refractivity contribution < 1.29 is 14.6 Å². The maximum atomic E-state index is 11.6. The molecule has 1 aromatic heterocycles. The van der Waals surface area contributed by atoms with Crippen LogP contribution in [0.5, 0.6) is 5.75 Å². The quantitative estimate of drug-likeness (QED) is 0.935. The zero-order valence-electron chi connectivity index (χ0n) is 13.8. The third-order valence-corrected chi connectivity index (χ3v) is 5.32. The molecule has 2 heterocycles. The number of hydrogen-bond acceptors (Lipinski definition) is 4. The number of methoxy groups -OCH3 is 1. The lowest BCUT2D eigenvalue weighted by atomic mass is 10.1. The van der Waals surface area contributed by atoms with Crippen LogP contribution >= 0.6 is 0 Å². The molecular formula is C19H20N2O3. The second-order valence-corrected chi connectivity index (χ2v) is 7.04. The maximum Gasteiger partial charge on any atom is 0.339 e. The molecule has 5 nitrogen and oxygen atoms in total. The van der Waals surface area contributed by atoms with E-state index in [9.17, 15) is 9.90 Å². The van der Waals surface area contributed by atoms with Gasteiger partial charge in [-0.2, -0.15) is 0 Å². The van der Waals surface area contributed by atoms with Crippen LogP contribution in [-0.4, -0.2) is 36.3 Å². The minimum atomic E-state index is -0.926. The lowest BCUT2D eigenvalue weighted by molar-refractivity contribution is 0.0697. The van der Waals surface area contributed by atoms with E-state index >= 15 is 0 Å². The van der Waals surface area contributed by atoms with E-state index in [0.29, 0.717) is 17.2 Å². The van der Waals surface area contributed by atoms with Crippen LogP contribution in [0.3, 0.4) is 0 Å². The van der Waals surface area contributed by atoms with Crippen molar-refractivity contribution in [2.45, 2.75) is 13.3 Å². The number of fused-ring (bicyclic) bond motifs is 1. The predicted octanol–water partition coefficient (Wildman–Crippen LogP) is 3.30. The van der Waals surface area contributed by atoms with Gasteiger partial charge in [0.15, 0.2) is 0 Å². The van der Waals surface area contributed by atoms with Crippen molar-refractivity contribution in [2.24, 2.45) is 11.3 Å². The summed E-state index contributed by atoms with van der Waals surface area (Å²) in [6, 6.07) is 11.1. The number of nitrogens with zero attached hydrogens (tertiary/aromatic N) is 2. The molecule has 1 aliphatic carbocycles. The molecule has 2 atom stereocenters. The van der Waals surface area contributed by atoms with Crippen LogP contribution in [0.15, 0.2) is 36.4 Å². The van der Waals surface area contributed by atoms with Gasteiger partial charge in [0.25, 0.3) is 0 Å². The molecule has 0 amide bonds. The van der Waals surface area contributed by atoms with Gasteiger partial charge in [0, 0.05) is 18.7 Å². The Morgan fingerprint density at radius 3 is 2.62 bits per heavy atom. The van der Waals surface area contributed by atoms with E-state index < -0.39 is 5.97 Å². The fourth-order valence-corrected chi connectivity index (χ4v) is 3.69. The standard InChI is InChI=1S/C19H20N2O3/c1-19-9-13(19)10-21(11-19)17-15(18(22)23)7-8-16(20-17)12-3-5-14(24-2)6-4-12/h3-8,13H,9-11H2,1-2H3,(H,22,23). The highest BCUT2D eigenvalue weighted by Crippen LogP contribution is 2.58. The Hall–Kier alpha value is -2.56. The van der Waals surface area contributed by atoms with Gasteiger partial charge in [0.1, 0.15) is 17.1 Å². The number of aromatic carboxylic acids is 1. The van der Waals surface area contributed by atoms with Crippen molar-refractivity contribution in [2.75, 3.05) is 25.1 Å². The van der Waals surface area contributed by atoms with Crippen LogP contribution in [-0.2, 0) is 0 Å². The Kier molecular flexibility index (Phi) is 3.27. The summed E-state index contributed by atoms with van der Waals surface area (Å²) in [5.41, 5.74) is 2.35. The largest absolute Gasteiger partial charge is 0.497 e. The predicted molar refractivity (Wildman–Crippen MR) is 91.6 cm³/mol. The summed E-state index contributed by atoms with van der Waals surface area (Å²) < 4.78 is 5.18. The summed E-state index contributed by atoms with van der Waals surface area (Å²) in [5.74, 6) is 1.12. The highest BCUT2D eigenvalue weighted by Gasteiger charge is 2.56. The number of anilines is 1. The summed E-state index contributed by atoms with van der Waals surface area (Å²) in [5, 5.41) is 9.51. The van der Waals surface area contributed by atoms with Gasteiger partial charge >= 0.3 is 5.97 Å². The molecule has 1 N–H and O–H groups in total. The first-order chi connectivity index (χ1) is 11.5. The number of ether oxygens (including phenoxy) is 1. The van der Waals surface area contributed by atoms with E-state index in [-0.39, 0.29) is 5.56 Å². The zero-order valence-corrected chi connectivity index (χ0v) is 13.8. The molecule has 24 heavy (non-hydrogen) atoms. The summed E-state index contributed by atoms with van der Waals surface area (Å²) >= 11 is 0. The van der Waals surface area contributed by atoms with Gasteiger partial charge in [-0.15, -0.1) is 0 Å². The fraction of sp³-hybridized carbons (Fsp3) is 0.368. The molecule has 4 rings (SSSR count). The van der Waals surface area contributed by atoms with Crippen LogP contribution in [0.1, 0.15) is 23.7 Å². The van der Waals surface area contributed by atoms with Crippen molar-refractivity contribution in [3.05, 3.63) is 42.0 Å². The van der Waals surface area contributed by atoms with Crippen molar-refractivity contribution in [3.8, 4) is 17.0 Å². The molecule has 1 aromatic carbocycles. The number of rotatable bonds is 4. The Balaban J connectivity index is 1.71. The average molecular weight is 324 g/mol. The van der Waals surface area contributed by atoms with Crippen LogP contribution < -0.4 is 9.64 Å². The SMILES string of the molecule is COc1ccc(-c2ccc(C(=O)O)c(N3CC4CC4(C)C3)n2)cc1. The molecule has 1 saturated carbocycles. The minimum Gasteiger partial charge on any atom is -0.497 e. The highest BCUT2D eigenvalue weighted by atomic mass is 16.5. The summed E-state index contributed by atoms with van der Waals surface area (Å²) in [4.78, 5) is 18.4. The Labute approximate surface area is 140 Å². The van der Waals surface area contributed by atoms with Crippen molar-refractivity contribution >= 4 is 11.8 Å². The van der Waals surface area contributed by atoms with E-state index in [0.717, 1.165) is 30.1 Å². The lowest BCUT2D eigenvalue weighted by Gasteiger charge is -2.23. The maximum absolute atomic E-state index is 11.6. The molecule has 2 aromatic rings. The molecule has 2 aliphatic rings. The van der Waals surface area contributed by atoms with Gasteiger partial charge in [-0.25, -0.2) is 9.78 Å². The number of carbonyl (C=O) groups is 1. The molecule has 0 bridgehead atoms. The van der Waals surface area contributed by atoms with Gasteiger partial charge in [0.2, 0.25) is 0 Å². The van der Waals surface area contributed by atoms with Crippen LogP contribution in [0, 0.1) is 11.3 Å². The first-order valence-electron chi connectivity index (χ1n) is 8.14. The lowest BCUT2D eigenvalue weighted by Crippen LogP contribution is -2.27. The van der Waals surface area contributed by atoms with Crippen LogP contribution in [0.25, 0.3) is 11.3 Å². The first-order valence-corrected chi connectivity index (χ1v) is 8.14. The average Bonchev–Trinajstić information content (AvgIpc) is 3.11. The molecule has 2 unspecified atom stereocenters. The van der Waals surface area contributed by atoms with Crippen molar-refractivity contribution in [1.82, 2.24) is 4.98 Å². The van der Waals surface area contributed by atoms with E-state index in [1.165, 1.54) is 6.42 Å². The molecular weight excluding hydrogens is 304 g/mol. The number of piperidine rings is 1. The van der Waals surface area contributed by atoms with E-state index in [4.69, 9.17) is 9.72 Å². The summed E-state index contributed by atoms with van der Waals surface area (Å²) in [7, 11) is 1.63. The highest BCUT2D eigenvalue weighted by molar-refractivity contribution is 5.94. The van der Waals surface area contributed by atoms with Gasteiger partial charge in [-0.3, -0.25) is 0 Å². The van der Waals surface area contributed by atoms with Gasteiger partial charge in [0.05, 0.1) is 12.8 Å². The zero-order chi connectivity index (χ0) is 16.9. The monoisotopic (exact) mass is 324 g/mol. The van der Waals surface area contributed by atoms with Crippen molar-refractivity contribution in [3.63, 3.8) is 0 Å². The van der Waals surface area contributed by atoms with Gasteiger partial charge in [-0.1, -0.05) is 6.92 Å². The normalized spacial score (nSPS) is 24.6. The molecule has 0 radical (unpaired) electrons. The topological polar surface area (TPSA) is 62.7 Å². The number of aromatic nitrogens is 1. The molecule has 2 fully saturated rings. The second-order valence-electron chi connectivity index (χ2n) is 7.04. The van der Waals surface area contributed by atoms with E-state index in [1.54, 1.807) is 19.2 Å². The molecule has 1 aliphatic heterocycles. The van der Waals surface area contributed by atoms with Gasteiger partial charge in [-0.05, 0) is 54.2 Å². The minimum absolute atomic E-state index is 0.275. The molecule has 5 heteroatoms. The first kappa shape index (κ1) is 15.0. The smallest absolute Gasteiger partial charge is 0.339 e. The van der Waals surface area contributed by atoms with Gasteiger partial charge < -0.3 is 14.7 Å². The molecule has 1 saturated heterocycles. The number of pyridine rings is 1. The van der Waals surface area contributed by atoms with E-state index in [1.807, 2.05) is 24.3 Å². The summed E-state index contributed by atoms with van der Waals surface area (Å²) in [6.07, 6.45) is 1.24. The van der Waals surface area contributed by atoms with Crippen molar-refractivity contribution in [1.29, 1.82) is 0 Å². The number of carboxylic acids is 1. The van der Waals surface area contributed by atoms with Crippen LogP contribution in [0.2, 0.25) is 0 Å². The number of hydrogen-bond donors (Lipinski definition) is 1. The van der Waals surface area contributed by atoms with E-state index in [2.05, 4.69) is 11.8 Å².